The van der Waals surface area contributed by atoms with Crippen LogP contribution in [0, 0.1) is 5.92 Å². The minimum absolute atomic E-state index is 0.134. The molecule has 2 bridgehead atoms. The highest BCUT2D eigenvalue weighted by Gasteiger charge is 2.49. The van der Waals surface area contributed by atoms with E-state index in [1.54, 1.807) is 25.7 Å². The van der Waals surface area contributed by atoms with Gasteiger partial charge in [-0.25, -0.2) is 9.78 Å². The van der Waals surface area contributed by atoms with Crippen LogP contribution in [0.1, 0.15) is 39.2 Å². The third-order valence-corrected chi connectivity index (χ3v) is 4.39. The van der Waals surface area contributed by atoms with E-state index in [0.29, 0.717) is 12.5 Å². The number of ether oxygens (including phenoxy) is 2. The van der Waals surface area contributed by atoms with E-state index in [1.807, 2.05) is 0 Å². The number of aromatic nitrogens is 1. The lowest BCUT2D eigenvalue weighted by Gasteiger charge is -2.34. The quantitative estimate of drug-likeness (QED) is 0.805. The summed E-state index contributed by atoms with van der Waals surface area (Å²) in [6, 6.07) is 2.03. The van der Waals surface area contributed by atoms with Crippen molar-refractivity contribution in [2.24, 2.45) is 5.92 Å². The lowest BCUT2D eigenvalue weighted by Crippen LogP contribution is -2.48. The van der Waals surface area contributed by atoms with Crippen LogP contribution in [0.5, 0.6) is 5.88 Å². The van der Waals surface area contributed by atoms with E-state index in [1.165, 1.54) is 6.07 Å². The van der Waals surface area contributed by atoms with Crippen molar-refractivity contribution in [2.75, 3.05) is 6.54 Å². The predicted molar refractivity (Wildman–Crippen MR) is 83.1 cm³/mol. The summed E-state index contributed by atoms with van der Waals surface area (Å²) in [7, 11) is 0. The number of alkyl halides is 3. The molecule has 0 radical (unpaired) electrons. The molecule has 1 aromatic heterocycles. The van der Waals surface area contributed by atoms with E-state index < -0.39 is 17.3 Å². The lowest BCUT2D eigenvalue weighted by atomic mass is 10.1. The summed E-state index contributed by atoms with van der Waals surface area (Å²) >= 11 is 0. The standard InChI is InChI=1S/C17H21F3N2O3/c1-16(2,3)25-15(23)22-9-10-6-12(22)13(7-10)24-14-5-4-11(8-21-14)17(18,19)20/h4-5,8,10,12-13H,6-7,9H2,1-3H3/t10-,12+,13-/m1/s1. The van der Waals surface area contributed by atoms with Gasteiger partial charge in [0.15, 0.2) is 0 Å². The number of carbonyl (C=O) groups excluding carboxylic acids is 1. The van der Waals surface area contributed by atoms with E-state index in [0.717, 1.165) is 25.1 Å². The number of piperidine rings is 1. The van der Waals surface area contributed by atoms with Crippen LogP contribution in [-0.2, 0) is 10.9 Å². The van der Waals surface area contributed by atoms with Gasteiger partial charge in [0.05, 0.1) is 11.6 Å². The normalized spacial score (nSPS) is 26.0. The van der Waals surface area contributed by atoms with Crippen LogP contribution in [0.15, 0.2) is 18.3 Å². The summed E-state index contributed by atoms with van der Waals surface area (Å²) in [5, 5.41) is 0. The van der Waals surface area contributed by atoms with Gasteiger partial charge in [0.25, 0.3) is 0 Å². The third kappa shape index (κ3) is 3.99. The molecule has 0 spiro atoms. The molecule has 2 fully saturated rings. The fraction of sp³-hybridized carbons (Fsp3) is 0.647. The molecule has 1 aromatic rings. The van der Waals surface area contributed by atoms with Gasteiger partial charge in [0, 0.05) is 18.8 Å². The molecule has 1 saturated carbocycles. The molecule has 138 valence electrons. The Morgan fingerprint density at radius 1 is 1.24 bits per heavy atom. The molecule has 2 aliphatic rings. The van der Waals surface area contributed by atoms with Gasteiger partial charge in [0.2, 0.25) is 5.88 Å². The monoisotopic (exact) mass is 358 g/mol. The molecule has 0 aromatic carbocycles. The maximum absolute atomic E-state index is 12.6. The van der Waals surface area contributed by atoms with E-state index >= 15 is 0 Å². The number of hydrogen-bond acceptors (Lipinski definition) is 4. The summed E-state index contributed by atoms with van der Waals surface area (Å²) in [6.45, 7) is 6.04. The van der Waals surface area contributed by atoms with Gasteiger partial charge in [-0.3, -0.25) is 0 Å². The SMILES string of the molecule is CC(C)(C)OC(=O)N1C[C@H]2C[C@@H](Oc3ccc(C(F)(F)F)cn3)[C@@H]1C2. The molecular formula is C17H21F3N2O3. The van der Waals surface area contributed by atoms with Gasteiger partial charge in [-0.05, 0) is 45.6 Å². The van der Waals surface area contributed by atoms with E-state index in [9.17, 15) is 18.0 Å². The van der Waals surface area contributed by atoms with Crippen LogP contribution in [-0.4, -0.2) is 40.3 Å². The Bertz CT molecular complexity index is 640. The Morgan fingerprint density at radius 3 is 2.48 bits per heavy atom. The summed E-state index contributed by atoms with van der Waals surface area (Å²) in [4.78, 5) is 17.7. The molecule has 1 saturated heterocycles. The van der Waals surface area contributed by atoms with Gasteiger partial charge < -0.3 is 14.4 Å². The van der Waals surface area contributed by atoms with Crippen LogP contribution in [0.4, 0.5) is 18.0 Å². The minimum Gasteiger partial charge on any atom is -0.472 e. The Hall–Kier alpha value is -1.99. The van der Waals surface area contributed by atoms with Crippen LogP contribution in [0.25, 0.3) is 0 Å². The summed E-state index contributed by atoms with van der Waals surface area (Å²) in [5.41, 5.74) is -1.40. The molecule has 1 aliphatic heterocycles. The average Bonchev–Trinajstić information content (AvgIpc) is 3.05. The first-order valence-corrected chi connectivity index (χ1v) is 8.22. The number of amides is 1. The molecule has 3 rings (SSSR count). The first kappa shape index (κ1) is 17.8. The molecule has 5 nitrogen and oxygen atoms in total. The first-order valence-electron chi connectivity index (χ1n) is 8.22. The van der Waals surface area contributed by atoms with E-state index in [4.69, 9.17) is 9.47 Å². The van der Waals surface area contributed by atoms with E-state index in [2.05, 4.69) is 4.98 Å². The number of hydrogen-bond donors (Lipinski definition) is 0. The highest BCUT2D eigenvalue weighted by Crippen LogP contribution is 2.40. The second kappa shape index (κ2) is 6.07. The van der Waals surface area contributed by atoms with Crippen molar-refractivity contribution in [1.82, 2.24) is 9.88 Å². The highest BCUT2D eigenvalue weighted by molar-refractivity contribution is 5.69. The molecule has 1 amide bonds. The smallest absolute Gasteiger partial charge is 0.417 e. The van der Waals surface area contributed by atoms with Crippen molar-refractivity contribution >= 4 is 6.09 Å². The minimum atomic E-state index is -4.43. The van der Waals surface area contributed by atoms with Crippen LogP contribution in [0.2, 0.25) is 0 Å². The van der Waals surface area contributed by atoms with Gasteiger partial charge >= 0.3 is 12.3 Å². The molecule has 0 unspecified atom stereocenters. The fourth-order valence-electron chi connectivity index (χ4n) is 3.40. The largest absolute Gasteiger partial charge is 0.472 e. The lowest BCUT2D eigenvalue weighted by molar-refractivity contribution is -0.137. The number of fused-ring (bicyclic) bond motifs is 2. The second-order valence-electron chi connectivity index (χ2n) is 7.58. The van der Waals surface area contributed by atoms with Gasteiger partial charge in [-0.1, -0.05) is 0 Å². The highest BCUT2D eigenvalue weighted by atomic mass is 19.4. The Balaban J connectivity index is 1.65. The molecule has 8 heteroatoms. The first-order chi connectivity index (χ1) is 11.5. The number of likely N-dealkylation sites (tertiary alicyclic amines) is 1. The summed E-state index contributed by atoms with van der Waals surface area (Å²) in [6.07, 6.45) is -2.76. The maximum atomic E-state index is 12.6. The zero-order valence-corrected chi connectivity index (χ0v) is 14.3. The zero-order valence-electron chi connectivity index (χ0n) is 14.3. The summed E-state index contributed by atoms with van der Waals surface area (Å²) < 4.78 is 48.9. The van der Waals surface area contributed by atoms with Crippen molar-refractivity contribution in [3.63, 3.8) is 0 Å². The van der Waals surface area contributed by atoms with Crippen LogP contribution >= 0.6 is 0 Å². The zero-order chi connectivity index (χ0) is 18.4. The molecular weight excluding hydrogens is 337 g/mol. The molecule has 25 heavy (non-hydrogen) atoms. The van der Waals surface area contributed by atoms with Crippen molar-refractivity contribution in [3.8, 4) is 5.88 Å². The number of pyridine rings is 1. The van der Waals surface area contributed by atoms with Gasteiger partial charge in [-0.2, -0.15) is 13.2 Å². The number of nitrogens with zero attached hydrogens (tertiary/aromatic N) is 2. The Kier molecular flexibility index (Phi) is 4.33. The number of halogens is 3. The van der Waals surface area contributed by atoms with Gasteiger partial charge in [0.1, 0.15) is 11.7 Å². The molecule has 0 N–H and O–H groups in total. The predicted octanol–water partition coefficient (Wildman–Crippen LogP) is 3.88. The average molecular weight is 358 g/mol. The molecule has 2 heterocycles. The van der Waals surface area contributed by atoms with Crippen molar-refractivity contribution in [3.05, 3.63) is 23.9 Å². The third-order valence-electron chi connectivity index (χ3n) is 4.39. The number of rotatable bonds is 2. The number of carbonyl (C=O) groups is 1. The fourth-order valence-corrected chi connectivity index (χ4v) is 3.40. The topological polar surface area (TPSA) is 51.7 Å². The molecule has 1 aliphatic carbocycles. The van der Waals surface area contributed by atoms with Crippen molar-refractivity contribution < 1.29 is 27.4 Å². The van der Waals surface area contributed by atoms with Crippen LogP contribution in [0.3, 0.4) is 0 Å². The van der Waals surface area contributed by atoms with Crippen molar-refractivity contribution in [2.45, 2.75) is 57.5 Å². The van der Waals surface area contributed by atoms with Gasteiger partial charge in [-0.15, -0.1) is 0 Å². The second-order valence-corrected chi connectivity index (χ2v) is 7.58. The Morgan fingerprint density at radius 2 is 1.96 bits per heavy atom. The molecule has 3 atom stereocenters. The van der Waals surface area contributed by atoms with Crippen LogP contribution < -0.4 is 4.74 Å². The summed E-state index contributed by atoms with van der Waals surface area (Å²) in [5.74, 6) is 0.451. The Labute approximate surface area is 144 Å². The van der Waals surface area contributed by atoms with Crippen molar-refractivity contribution in [1.29, 1.82) is 0 Å². The maximum Gasteiger partial charge on any atom is 0.417 e. The van der Waals surface area contributed by atoms with E-state index in [-0.39, 0.29) is 24.1 Å².